The van der Waals surface area contributed by atoms with Gasteiger partial charge in [0.25, 0.3) is 0 Å². The number of hydrogen-bond donors (Lipinski definition) is 0. The molecule has 5 rings (SSSR count). The normalized spacial score (nSPS) is 21.4. The number of pyridine rings is 1. The monoisotopic (exact) mass is 478 g/mol. The van der Waals surface area contributed by atoms with E-state index in [0.717, 1.165) is 51.9 Å². The number of carbonyl (C=O) groups excluding carboxylic acids is 2. The summed E-state index contributed by atoms with van der Waals surface area (Å²) in [7, 11) is 2.08. The van der Waals surface area contributed by atoms with E-state index in [9.17, 15) is 14.0 Å². The zero-order chi connectivity index (χ0) is 24.5. The van der Waals surface area contributed by atoms with Crippen molar-refractivity contribution < 1.29 is 18.4 Å². The van der Waals surface area contributed by atoms with Crippen LogP contribution < -0.4 is 0 Å². The van der Waals surface area contributed by atoms with Crippen LogP contribution in [-0.2, 0) is 16.0 Å². The topological polar surface area (TPSA) is 79.5 Å². The van der Waals surface area contributed by atoms with Gasteiger partial charge in [0, 0.05) is 74.2 Å². The Kier molecular flexibility index (Phi) is 6.65. The van der Waals surface area contributed by atoms with E-state index in [-0.39, 0.29) is 35.8 Å². The highest BCUT2D eigenvalue weighted by Gasteiger charge is 2.33. The molecule has 1 saturated heterocycles. The van der Waals surface area contributed by atoms with E-state index in [4.69, 9.17) is 4.42 Å². The predicted octanol–water partition coefficient (Wildman–Crippen LogP) is 4.03. The number of benzene rings is 1. The molecular formula is C27H31FN4O3. The zero-order valence-corrected chi connectivity index (χ0v) is 20.3. The molecule has 184 valence electrons. The van der Waals surface area contributed by atoms with Crippen LogP contribution in [0.15, 0.2) is 35.0 Å². The molecule has 0 atom stereocenters. The summed E-state index contributed by atoms with van der Waals surface area (Å²) in [5.74, 6) is 0.999. The van der Waals surface area contributed by atoms with Crippen LogP contribution >= 0.6 is 0 Å². The second kappa shape index (κ2) is 9.85. The Morgan fingerprint density at radius 2 is 1.71 bits per heavy atom. The number of aromatic nitrogens is 2. The van der Waals surface area contributed by atoms with Gasteiger partial charge in [0.15, 0.2) is 11.7 Å². The molecule has 1 aliphatic heterocycles. The first-order chi connectivity index (χ1) is 16.9. The van der Waals surface area contributed by atoms with Gasteiger partial charge < -0.3 is 14.2 Å². The molecule has 2 aliphatic rings. The molecule has 0 radical (unpaired) electrons. The van der Waals surface area contributed by atoms with Crippen LogP contribution in [0.25, 0.3) is 22.1 Å². The van der Waals surface area contributed by atoms with Crippen LogP contribution in [-0.4, -0.2) is 64.7 Å². The first kappa shape index (κ1) is 23.6. The molecule has 0 bridgehead atoms. The lowest BCUT2D eigenvalue weighted by Crippen LogP contribution is -2.49. The molecule has 1 saturated carbocycles. The van der Waals surface area contributed by atoms with E-state index in [1.165, 1.54) is 12.3 Å². The van der Waals surface area contributed by atoms with Crippen LogP contribution in [0.4, 0.5) is 4.39 Å². The summed E-state index contributed by atoms with van der Waals surface area (Å²) >= 11 is 0. The van der Waals surface area contributed by atoms with E-state index < -0.39 is 0 Å². The molecule has 8 heteroatoms. The van der Waals surface area contributed by atoms with Gasteiger partial charge in [0.1, 0.15) is 11.6 Å². The molecule has 1 aliphatic carbocycles. The van der Waals surface area contributed by atoms with E-state index in [0.29, 0.717) is 33.7 Å². The summed E-state index contributed by atoms with van der Waals surface area (Å²) in [6.07, 6.45) is 6.28. The number of rotatable bonds is 5. The molecule has 2 aromatic heterocycles. The first-order valence-electron chi connectivity index (χ1n) is 12.4. The minimum absolute atomic E-state index is 0.0300. The molecule has 0 unspecified atom stereocenters. The summed E-state index contributed by atoms with van der Waals surface area (Å²) in [6, 6.07) is 5.03. The molecule has 2 fully saturated rings. The summed E-state index contributed by atoms with van der Waals surface area (Å²) in [5, 5.41) is 1.08. The molecule has 35 heavy (non-hydrogen) atoms. The second-order valence-corrected chi connectivity index (χ2v) is 9.92. The number of amides is 1. The van der Waals surface area contributed by atoms with Crippen molar-refractivity contribution in [3.63, 3.8) is 0 Å². The maximum absolute atomic E-state index is 14.7. The van der Waals surface area contributed by atoms with Crippen LogP contribution in [0.5, 0.6) is 0 Å². The minimum Gasteiger partial charge on any atom is -0.441 e. The Balaban J connectivity index is 1.22. The van der Waals surface area contributed by atoms with E-state index in [2.05, 4.69) is 21.9 Å². The number of piperazine rings is 1. The number of carbonyl (C=O) groups is 2. The average molecular weight is 479 g/mol. The van der Waals surface area contributed by atoms with Gasteiger partial charge in [-0.2, -0.15) is 0 Å². The molecule has 0 N–H and O–H groups in total. The van der Waals surface area contributed by atoms with E-state index in [1.54, 1.807) is 19.2 Å². The van der Waals surface area contributed by atoms with E-state index in [1.807, 2.05) is 11.0 Å². The van der Waals surface area contributed by atoms with E-state index >= 15 is 0 Å². The van der Waals surface area contributed by atoms with Gasteiger partial charge in [-0.3, -0.25) is 14.6 Å². The van der Waals surface area contributed by atoms with Crippen molar-refractivity contribution >= 4 is 22.5 Å². The third-order valence-corrected chi connectivity index (χ3v) is 7.45. The summed E-state index contributed by atoms with van der Waals surface area (Å²) in [6.45, 7) is 5.16. The SMILES string of the molecule is Cc1ncc(-c2cc(F)c3cnc(CC(=O)C4CCC(C(=O)N5CCN(C)CC5)CC4)cc3c2)o1. The van der Waals surface area contributed by atoms with Crippen LogP contribution in [0.3, 0.4) is 0 Å². The molecule has 0 spiro atoms. The highest BCUT2D eigenvalue weighted by Crippen LogP contribution is 2.32. The highest BCUT2D eigenvalue weighted by atomic mass is 19.1. The van der Waals surface area contributed by atoms with Crippen molar-refractivity contribution in [3.05, 3.63) is 48.0 Å². The van der Waals surface area contributed by atoms with Crippen molar-refractivity contribution in [3.8, 4) is 11.3 Å². The predicted molar refractivity (Wildman–Crippen MR) is 130 cm³/mol. The lowest BCUT2D eigenvalue weighted by atomic mass is 9.78. The lowest BCUT2D eigenvalue weighted by molar-refractivity contribution is -0.139. The van der Waals surface area contributed by atoms with Crippen LogP contribution in [0.1, 0.15) is 37.3 Å². The molecule has 3 heterocycles. The molecule has 7 nitrogen and oxygen atoms in total. The second-order valence-electron chi connectivity index (χ2n) is 9.92. The number of ketones is 1. The van der Waals surface area contributed by atoms with Gasteiger partial charge in [-0.05, 0) is 56.3 Å². The van der Waals surface area contributed by atoms with Crippen molar-refractivity contribution in [2.24, 2.45) is 11.8 Å². The summed E-state index contributed by atoms with van der Waals surface area (Å²) < 4.78 is 20.2. The number of likely N-dealkylation sites (N-methyl/N-ethyl adjacent to an activating group) is 1. The smallest absolute Gasteiger partial charge is 0.225 e. The Morgan fingerprint density at radius 1 is 1.00 bits per heavy atom. The summed E-state index contributed by atoms with van der Waals surface area (Å²) in [4.78, 5) is 38.6. The molecule has 3 aromatic rings. The maximum atomic E-state index is 14.7. The third kappa shape index (κ3) is 5.12. The maximum Gasteiger partial charge on any atom is 0.225 e. The Bertz CT molecular complexity index is 1240. The van der Waals surface area contributed by atoms with Crippen molar-refractivity contribution in [1.29, 1.82) is 0 Å². The van der Waals surface area contributed by atoms with Crippen LogP contribution in [0, 0.1) is 24.6 Å². The number of hydrogen-bond acceptors (Lipinski definition) is 6. The number of halogens is 1. The number of Topliss-reactive ketones (excluding diaryl/α,β-unsaturated/α-hetero) is 1. The van der Waals surface area contributed by atoms with Crippen molar-refractivity contribution in [2.75, 3.05) is 33.2 Å². The third-order valence-electron chi connectivity index (χ3n) is 7.45. The van der Waals surface area contributed by atoms with Crippen LogP contribution in [0.2, 0.25) is 0 Å². The highest BCUT2D eigenvalue weighted by molar-refractivity contribution is 5.89. The molecule has 1 amide bonds. The standard InChI is InChI=1S/C27H31FN4O3/c1-17-29-16-26(35-17)21-11-20-12-22(30-15-23(20)24(28)13-21)14-25(33)18-3-5-19(6-4-18)27(34)32-9-7-31(2)8-10-32/h11-13,15-16,18-19H,3-10,14H2,1-2H3. The van der Waals surface area contributed by atoms with Crippen molar-refractivity contribution in [1.82, 2.24) is 19.8 Å². The molecular weight excluding hydrogens is 447 g/mol. The fraction of sp³-hybridized carbons (Fsp3) is 0.481. The van der Waals surface area contributed by atoms with Gasteiger partial charge >= 0.3 is 0 Å². The number of oxazole rings is 1. The largest absolute Gasteiger partial charge is 0.441 e. The average Bonchev–Trinajstić information content (AvgIpc) is 3.30. The zero-order valence-electron chi connectivity index (χ0n) is 20.3. The fourth-order valence-corrected chi connectivity index (χ4v) is 5.26. The minimum atomic E-state index is -0.389. The van der Waals surface area contributed by atoms with Gasteiger partial charge in [-0.1, -0.05) is 0 Å². The van der Waals surface area contributed by atoms with Gasteiger partial charge in [0.2, 0.25) is 5.91 Å². The van der Waals surface area contributed by atoms with Gasteiger partial charge in [-0.15, -0.1) is 0 Å². The van der Waals surface area contributed by atoms with Gasteiger partial charge in [-0.25, -0.2) is 9.37 Å². The number of nitrogens with zero attached hydrogens (tertiary/aromatic N) is 4. The fourth-order valence-electron chi connectivity index (χ4n) is 5.26. The van der Waals surface area contributed by atoms with Gasteiger partial charge in [0.05, 0.1) is 6.20 Å². The number of aryl methyl sites for hydroxylation is 1. The van der Waals surface area contributed by atoms with Crippen molar-refractivity contribution in [2.45, 2.75) is 39.0 Å². The summed E-state index contributed by atoms with van der Waals surface area (Å²) in [5.41, 5.74) is 1.23. The Morgan fingerprint density at radius 3 is 2.40 bits per heavy atom. The quantitative estimate of drug-likeness (QED) is 0.551. The first-order valence-corrected chi connectivity index (χ1v) is 12.4. The number of fused-ring (bicyclic) bond motifs is 1. The molecule has 1 aromatic carbocycles. The Hall–Kier alpha value is -3.13. The Labute approximate surface area is 204 Å². The lowest BCUT2D eigenvalue weighted by Gasteiger charge is -2.36.